The fourth-order valence-corrected chi connectivity index (χ4v) is 10.5. The van der Waals surface area contributed by atoms with Gasteiger partial charge in [-0.05, 0) is 0 Å². The Morgan fingerprint density at radius 1 is 0.308 bits per heavy atom. The van der Waals surface area contributed by atoms with E-state index < -0.39 is 0 Å². The summed E-state index contributed by atoms with van der Waals surface area (Å²) in [7, 11) is 0. The molecule has 26 heavy (non-hydrogen) atoms. The molecule has 0 bridgehead atoms. The number of rotatable bonds is 0. The Balaban J connectivity index is 2.00. The van der Waals surface area contributed by atoms with Gasteiger partial charge in [-0.2, -0.15) is 0 Å². The Morgan fingerprint density at radius 3 is 0.846 bits per heavy atom. The molecule has 0 radical (unpaired) electrons. The minimum atomic E-state index is 0.763. The Bertz CT molecular complexity index is 153. The number of ether oxygens (including phenoxy) is 4. The molecular formula is C18H36O4Se4. The summed E-state index contributed by atoms with van der Waals surface area (Å²) in [6.45, 7) is 6.81. The molecular weight excluding hydrogens is 596 g/mol. The first kappa shape index (κ1) is 26.0. The molecule has 0 aromatic carbocycles. The van der Waals surface area contributed by atoms with Crippen molar-refractivity contribution in [3.63, 3.8) is 0 Å². The molecule has 0 amide bonds. The summed E-state index contributed by atoms with van der Waals surface area (Å²) in [6.07, 6.45) is 2.80. The first-order valence-corrected chi connectivity index (χ1v) is 19.3. The SMILES string of the molecule is C1C[Se]CCOCCOCC[Se]CCC[Se]CCOCCOCC[Se]C1. The van der Waals surface area contributed by atoms with Crippen molar-refractivity contribution >= 4 is 59.8 Å². The van der Waals surface area contributed by atoms with E-state index in [2.05, 4.69) is 0 Å². The quantitative estimate of drug-likeness (QED) is 0.386. The third-order valence-electron chi connectivity index (χ3n) is 3.39. The van der Waals surface area contributed by atoms with Gasteiger partial charge in [0, 0.05) is 0 Å². The Hall–Kier alpha value is 1.92. The Kier molecular flexibility index (Phi) is 23.2. The third kappa shape index (κ3) is 20.6. The van der Waals surface area contributed by atoms with E-state index in [0.717, 1.165) is 113 Å². The average molecular weight is 632 g/mol. The molecule has 4 nitrogen and oxygen atoms in total. The molecule has 1 fully saturated rings. The van der Waals surface area contributed by atoms with Gasteiger partial charge in [0.1, 0.15) is 0 Å². The maximum absolute atomic E-state index is 5.67. The molecule has 0 saturated carbocycles. The summed E-state index contributed by atoms with van der Waals surface area (Å²) in [4.78, 5) is 0. The first-order valence-electron chi connectivity index (χ1n) is 9.62. The molecule has 156 valence electrons. The van der Waals surface area contributed by atoms with Gasteiger partial charge < -0.3 is 0 Å². The molecule has 1 aliphatic rings. The van der Waals surface area contributed by atoms with Crippen molar-refractivity contribution in [1.82, 2.24) is 0 Å². The van der Waals surface area contributed by atoms with E-state index in [1.807, 2.05) is 0 Å². The zero-order chi connectivity index (χ0) is 18.4. The fraction of sp³-hybridized carbons (Fsp3) is 1.00. The van der Waals surface area contributed by atoms with Crippen molar-refractivity contribution in [1.29, 1.82) is 0 Å². The van der Waals surface area contributed by atoms with Gasteiger partial charge in [-0.1, -0.05) is 0 Å². The van der Waals surface area contributed by atoms with Crippen LogP contribution in [0.5, 0.6) is 0 Å². The standard InChI is InChI=1S/C18H36O4Se4/c1-11-23-15-7-19-3-5-21-9-17-25-13-2-14-26-18-10-22-6-4-20-8-16-24-12-1/h1-18H2. The summed E-state index contributed by atoms with van der Waals surface area (Å²) in [5, 5.41) is 10.7. The van der Waals surface area contributed by atoms with Crippen molar-refractivity contribution in [2.24, 2.45) is 0 Å². The Labute approximate surface area is 186 Å². The van der Waals surface area contributed by atoms with Crippen molar-refractivity contribution in [3.05, 3.63) is 0 Å². The summed E-state index contributed by atoms with van der Waals surface area (Å²) >= 11 is 3.05. The fourth-order valence-electron chi connectivity index (χ4n) is 2.05. The van der Waals surface area contributed by atoms with Crippen LogP contribution in [0.3, 0.4) is 0 Å². The van der Waals surface area contributed by atoms with E-state index >= 15 is 0 Å². The second-order valence-electron chi connectivity index (χ2n) is 5.61. The summed E-state index contributed by atoms with van der Waals surface area (Å²) in [5.74, 6) is 0. The molecule has 1 saturated heterocycles. The second kappa shape index (κ2) is 23.2. The van der Waals surface area contributed by atoms with Crippen LogP contribution in [0, 0.1) is 0 Å². The van der Waals surface area contributed by atoms with Gasteiger partial charge in [-0.3, -0.25) is 0 Å². The minimum absolute atomic E-state index is 0.763. The number of hydrogen-bond donors (Lipinski definition) is 0. The maximum atomic E-state index is 5.67. The third-order valence-corrected chi connectivity index (χ3v) is 12.1. The van der Waals surface area contributed by atoms with Crippen LogP contribution in [-0.2, 0) is 18.9 Å². The van der Waals surface area contributed by atoms with E-state index in [1.165, 1.54) is 55.4 Å². The molecule has 0 aromatic heterocycles. The van der Waals surface area contributed by atoms with Crippen molar-refractivity contribution in [2.75, 3.05) is 52.9 Å². The monoisotopic (exact) mass is 636 g/mol. The molecule has 0 aromatic rings. The van der Waals surface area contributed by atoms with Gasteiger partial charge in [0.25, 0.3) is 0 Å². The molecule has 1 rings (SSSR count). The molecule has 0 N–H and O–H groups in total. The molecule has 0 spiro atoms. The first-order chi connectivity index (χ1) is 13.0. The van der Waals surface area contributed by atoms with Crippen LogP contribution in [0.15, 0.2) is 0 Å². The second-order valence-corrected chi connectivity index (χ2v) is 15.9. The predicted octanol–water partition coefficient (Wildman–Crippen LogP) is 3.01. The predicted molar refractivity (Wildman–Crippen MR) is 114 cm³/mol. The molecule has 8 heteroatoms. The topological polar surface area (TPSA) is 36.9 Å². The van der Waals surface area contributed by atoms with Crippen LogP contribution in [0.25, 0.3) is 0 Å². The van der Waals surface area contributed by atoms with Crippen LogP contribution in [0.4, 0.5) is 0 Å². The molecule has 1 heterocycles. The van der Waals surface area contributed by atoms with Gasteiger partial charge in [0.15, 0.2) is 0 Å². The van der Waals surface area contributed by atoms with Crippen molar-refractivity contribution < 1.29 is 18.9 Å². The van der Waals surface area contributed by atoms with Crippen LogP contribution in [-0.4, -0.2) is 113 Å². The molecule has 0 aliphatic carbocycles. The van der Waals surface area contributed by atoms with Crippen molar-refractivity contribution in [2.45, 2.75) is 55.4 Å². The van der Waals surface area contributed by atoms with Gasteiger partial charge in [-0.15, -0.1) is 0 Å². The normalized spacial score (nSPS) is 24.0. The van der Waals surface area contributed by atoms with Gasteiger partial charge in [0.2, 0.25) is 0 Å². The van der Waals surface area contributed by atoms with E-state index in [9.17, 15) is 0 Å². The molecule has 0 atom stereocenters. The van der Waals surface area contributed by atoms with E-state index in [4.69, 9.17) is 18.9 Å². The van der Waals surface area contributed by atoms with Crippen molar-refractivity contribution in [3.8, 4) is 0 Å². The zero-order valence-electron chi connectivity index (χ0n) is 16.0. The van der Waals surface area contributed by atoms with Gasteiger partial charge >= 0.3 is 187 Å². The summed E-state index contributed by atoms with van der Waals surface area (Å²) in [5.41, 5.74) is 0. The average Bonchev–Trinajstić information content (AvgIpc) is 2.65. The number of hydrogen-bond acceptors (Lipinski definition) is 4. The Morgan fingerprint density at radius 2 is 0.577 bits per heavy atom. The van der Waals surface area contributed by atoms with E-state index in [0.29, 0.717) is 0 Å². The van der Waals surface area contributed by atoms with Gasteiger partial charge in [0.05, 0.1) is 0 Å². The summed E-state index contributed by atoms with van der Waals surface area (Å²) < 4.78 is 22.7. The van der Waals surface area contributed by atoms with Crippen LogP contribution in [0.2, 0.25) is 42.6 Å². The summed E-state index contributed by atoms with van der Waals surface area (Å²) in [6, 6.07) is 0. The molecule has 1 aliphatic heterocycles. The van der Waals surface area contributed by atoms with E-state index in [-0.39, 0.29) is 0 Å². The van der Waals surface area contributed by atoms with Crippen LogP contribution >= 0.6 is 0 Å². The molecule has 0 unspecified atom stereocenters. The van der Waals surface area contributed by atoms with Gasteiger partial charge in [-0.25, -0.2) is 0 Å². The van der Waals surface area contributed by atoms with E-state index in [1.54, 1.807) is 0 Å². The van der Waals surface area contributed by atoms with Crippen LogP contribution in [0.1, 0.15) is 12.8 Å². The van der Waals surface area contributed by atoms with Crippen LogP contribution < -0.4 is 0 Å². The zero-order valence-corrected chi connectivity index (χ0v) is 22.8.